The molecule has 0 aliphatic heterocycles. The molecular weight excluding hydrogens is 218 g/mol. The molecule has 0 atom stereocenters. The van der Waals surface area contributed by atoms with Gasteiger partial charge in [-0.3, -0.25) is 0 Å². The number of hydrogen-bond acceptors (Lipinski definition) is 4. The third-order valence-electron chi connectivity index (χ3n) is 3.25. The summed E-state index contributed by atoms with van der Waals surface area (Å²) in [5.74, 6) is 0.0411. The molecule has 4 nitrogen and oxygen atoms in total. The highest BCUT2D eigenvalue weighted by molar-refractivity contribution is 5.95. The molecule has 1 aliphatic rings. The average molecular weight is 235 g/mol. The molecule has 0 amide bonds. The molecule has 4 heteroatoms. The van der Waals surface area contributed by atoms with Gasteiger partial charge in [0.15, 0.2) is 5.75 Å². The summed E-state index contributed by atoms with van der Waals surface area (Å²) >= 11 is 0. The van der Waals surface area contributed by atoms with Gasteiger partial charge < -0.3 is 15.2 Å². The fourth-order valence-electron chi connectivity index (χ4n) is 2.40. The number of benzene rings is 1. The first-order valence-corrected chi connectivity index (χ1v) is 5.75. The normalized spacial score (nSPS) is 14.0. The Labute approximate surface area is 101 Å². The number of hydrogen-bond donors (Lipinski definition) is 1. The van der Waals surface area contributed by atoms with Crippen LogP contribution in [0.25, 0.3) is 0 Å². The lowest BCUT2D eigenvalue weighted by atomic mass is 9.88. The zero-order valence-electron chi connectivity index (χ0n) is 10.2. The summed E-state index contributed by atoms with van der Waals surface area (Å²) in [5.41, 5.74) is 9.36. The molecule has 0 saturated heterocycles. The Balaban J connectivity index is 2.59. The van der Waals surface area contributed by atoms with Gasteiger partial charge in [-0.2, -0.15) is 0 Å². The number of carbonyl (C=O) groups excluding carboxylic acids is 1. The highest BCUT2D eigenvalue weighted by Crippen LogP contribution is 2.36. The summed E-state index contributed by atoms with van der Waals surface area (Å²) in [7, 11) is 2.88. The summed E-state index contributed by atoms with van der Waals surface area (Å²) in [4.78, 5) is 11.7. The molecule has 0 spiro atoms. The smallest absolute Gasteiger partial charge is 0.341 e. The van der Waals surface area contributed by atoms with E-state index in [4.69, 9.17) is 15.2 Å². The van der Waals surface area contributed by atoms with E-state index >= 15 is 0 Å². The number of carbonyl (C=O) groups is 1. The zero-order valence-corrected chi connectivity index (χ0v) is 10.2. The summed E-state index contributed by atoms with van der Waals surface area (Å²) in [6.45, 7) is 0. The van der Waals surface area contributed by atoms with Crippen LogP contribution in [0.4, 0.5) is 5.69 Å². The van der Waals surface area contributed by atoms with Crippen molar-refractivity contribution in [2.45, 2.75) is 25.7 Å². The van der Waals surface area contributed by atoms with Crippen LogP contribution in [0, 0.1) is 0 Å². The molecule has 0 unspecified atom stereocenters. The van der Waals surface area contributed by atoms with E-state index in [1.165, 1.54) is 14.2 Å². The van der Waals surface area contributed by atoms with Crippen molar-refractivity contribution in [1.82, 2.24) is 0 Å². The maximum atomic E-state index is 11.7. The summed E-state index contributed by atoms with van der Waals surface area (Å²) in [5, 5.41) is 0. The van der Waals surface area contributed by atoms with Crippen molar-refractivity contribution in [3.05, 3.63) is 22.8 Å². The van der Waals surface area contributed by atoms with Crippen LogP contribution in [0.15, 0.2) is 6.07 Å². The molecule has 0 aromatic heterocycles. The van der Waals surface area contributed by atoms with Crippen LogP contribution in [0.1, 0.15) is 34.3 Å². The van der Waals surface area contributed by atoms with Crippen molar-refractivity contribution < 1.29 is 14.3 Å². The van der Waals surface area contributed by atoms with Crippen LogP contribution < -0.4 is 10.5 Å². The van der Waals surface area contributed by atoms with E-state index in [0.717, 1.165) is 36.8 Å². The number of rotatable bonds is 2. The first kappa shape index (κ1) is 11.8. The number of methoxy groups -OCH3 is 2. The van der Waals surface area contributed by atoms with E-state index in [-0.39, 0.29) is 0 Å². The van der Waals surface area contributed by atoms with Gasteiger partial charge in [-0.1, -0.05) is 0 Å². The Morgan fingerprint density at radius 1 is 1.29 bits per heavy atom. The first-order chi connectivity index (χ1) is 8.19. The van der Waals surface area contributed by atoms with Gasteiger partial charge in [-0.25, -0.2) is 4.79 Å². The SMILES string of the molecule is COC(=O)c1cc2c(c(N)c1OC)CCCC2. The van der Waals surface area contributed by atoms with Gasteiger partial charge in [0.25, 0.3) is 0 Å². The van der Waals surface area contributed by atoms with Gasteiger partial charge >= 0.3 is 5.97 Å². The molecule has 2 N–H and O–H groups in total. The zero-order chi connectivity index (χ0) is 12.4. The van der Waals surface area contributed by atoms with Crippen LogP contribution in [0.3, 0.4) is 0 Å². The molecular formula is C13H17NO3. The van der Waals surface area contributed by atoms with Crippen molar-refractivity contribution >= 4 is 11.7 Å². The van der Waals surface area contributed by atoms with Crippen molar-refractivity contribution in [3.63, 3.8) is 0 Å². The van der Waals surface area contributed by atoms with Gasteiger partial charge in [0.1, 0.15) is 5.56 Å². The minimum absolute atomic E-state index is 0.401. The molecule has 0 fully saturated rings. The maximum Gasteiger partial charge on any atom is 0.341 e. The van der Waals surface area contributed by atoms with Gasteiger partial charge in [0.05, 0.1) is 19.9 Å². The quantitative estimate of drug-likeness (QED) is 0.628. The van der Waals surface area contributed by atoms with E-state index < -0.39 is 5.97 Å². The Hall–Kier alpha value is -1.71. The lowest BCUT2D eigenvalue weighted by molar-refractivity contribution is 0.0597. The summed E-state index contributed by atoms with van der Waals surface area (Å²) < 4.78 is 9.99. The lowest BCUT2D eigenvalue weighted by Crippen LogP contribution is -2.13. The lowest BCUT2D eigenvalue weighted by Gasteiger charge is -2.21. The molecule has 0 radical (unpaired) electrons. The third kappa shape index (κ3) is 1.95. The first-order valence-electron chi connectivity index (χ1n) is 5.75. The van der Waals surface area contributed by atoms with Crippen LogP contribution in [-0.4, -0.2) is 20.2 Å². The molecule has 92 valence electrons. The van der Waals surface area contributed by atoms with Crippen molar-refractivity contribution in [2.75, 3.05) is 20.0 Å². The number of nitrogens with two attached hydrogens (primary N) is 1. The average Bonchev–Trinajstić information content (AvgIpc) is 2.37. The number of ether oxygens (including phenoxy) is 2. The maximum absolute atomic E-state index is 11.7. The Morgan fingerprint density at radius 3 is 2.65 bits per heavy atom. The highest BCUT2D eigenvalue weighted by Gasteiger charge is 2.22. The highest BCUT2D eigenvalue weighted by atomic mass is 16.5. The van der Waals surface area contributed by atoms with Crippen LogP contribution in [0.2, 0.25) is 0 Å². The van der Waals surface area contributed by atoms with Crippen LogP contribution in [0.5, 0.6) is 5.75 Å². The number of aryl methyl sites for hydroxylation is 1. The number of fused-ring (bicyclic) bond motifs is 1. The largest absolute Gasteiger partial charge is 0.494 e. The monoisotopic (exact) mass is 235 g/mol. The molecule has 0 heterocycles. The summed E-state index contributed by atoms with van der Waals surface area (Å²) in [6.07, 6.45) is 4.20. The van der Waals surface area contributed by atoms with E-state index in [0.29, 0.717) is 17.0 Å². The second-order valence-corrected chi connectivity index (χ2v) is 4.21. The van der Waals surface area contributed by atoms with Gasteiger partial charge in [0.2, 0.25) is 0 Å². The minimum atomic E-state index is -0.401. The second-order valence-electron chi connectivity index (χ2n) is 4.21. The van der Waals surface area contributed by atoms with Crippen molar-refractivity contribution in [1.29, 1.82) is 0 Å². The third-order valence-corrected chi connectivity index (χ3v) is 3.25. The van der Waals surface area contributed by atoms with Crippen LogP contribution in [-0.2, 0) is 17.6 Å². The minimum Gasteiger partial charge on any atom is -0.494 e. The van der Waals surface area contributed by atoms with E-state index in [2.05, 4.69) is 0 Å². The Morgan fingerprint density at radius 2 is 2.00 bits per heavy atom. The number of anilines is 1. The Bertz CT molecular complexity index is 454. The van der Waals surface area contributed by atoms with E-state index in [1.807, 2.05) is 6.07 Å². The molecule has 17 heavy (non-hydrogen) atoms. The van der Waals surface area contributed by atoms with Gasteiger partial charge in [-0.15, -0.1) is 0 Å². The fraction of sp³-hybridized carbons (Fsp3) is 0.462. The van der Waals surface area contributed by atoms with Gasteiger partial charge in [-0.05, 0) is 42.9 Å². The van der Waals surface area contributed by atoms with E-state index in [9.17, 15) is 4.79 Å². The van der Waals surface area contributed by atoms with Crippen molar-refractivity contribution in [3.8, 4) is 5.75 Å². The molecule has 1 aromatic carbocycles. The molecule has 0 bridgehead atoms. The molecule has 1 aliphatic carbocycles. The number of nitrogen functional groups attached to an aromatic ring is 1. The van der Waals surface area contributed by atoms with Crippen molar-refractivity contribution in [2.24, 2.45) is 0 Å². The van der Waals surface area contributed by atoms with Gasteiger partial charge in [0, 0.05) is 0 Å². The topological polar surface area (TPSA) is 61.5 Å². The molecule has 2 rings (SSSR count). The number of esters is 1. The standard InChI is InChI=1S/C13H17NO3/c1-16-12-10(13(15)17-2)7-8-5-3-4-6-9(8)11(12)14/h7H,3-6,14H2,1-2H3. The second kappa shape index (κ2) is 4.65. The Kier molecular flexibility index (Phi) is 3.22. The predicted molar refractivity (Wildman–Crippen MR) is 65.4 cm³/mol. The van der Waals surface area contributed by atoms with E-state index in [1.54, 1.807) is 0 Å². The fourth-order valence-corrected chi connectivity index (χ4v) is 2.40. The van der Waals surface area contributed by atoms with Crippen LogP contribution >= 0.6 is 0 Å². The summed E-state index contributed by atoms with van der Waals surface area (Å²) in [6, 6.07) is 1.86. The molecule has 0 saturated carbocycles. The molecule has 1 aromatic rings. The predicted octanol–water partition coefficient (Wildman–Crippen LogP) is 1.94.